The zero-order chi connectivity index (χ0) is 23.3. The van der Waals surface area contributed by atoms with Gasteiger partial charge in [-0.1, -0.05) is 12.1 Å². The van der Waals surface area contributed by atoms with Crippen molar-refractivity contribution < 1.29 is 14.3 Å². The maximum absolute atomic E-state index is 11.1. The molecule has 2 heterocycles. The normalized spacial score (nSPS) is 13.7. The summed E-state index contributed by atoms with van der Waals surface area (Å²) < 4.78 is 12.7. The van der Waals surface area contributed by atoms with Gasteiger partial charge in [-0.2, -0.15) is 0 Å². The number of nitrogens with zero attached hydrogens (tertiary/aromatic N) is 4. The second kappa shape index (κ2) is 9.86. The van der Waals surface area contributed by atoms with E-state index < -0.39 is 5.60 Å². The first-order chi connectivity index (χ1) is 15.2. The summed E-state index contributed by atoms with van der Waals surface area (Å²) >= 11 is 0. The number of aliphatic imine (C=N–C) groups is 1. The van der Waals surface area contributed by atoms with E-state index in [9.17, 15) is 5.11 Å². The predicted octanol–water partition coefficient (Wildman–Crippen LogP) is 2.49. The van der Waals surface area contributed by atoms with Crippen LogP contribution in [0.4, 0.5) is 0 Å². The number of hydrogen-bond acceptors (Lipinski definition) is 6. The first-order valence-corrected chi connectivity index (χ1v) is 10.5. The molecule has 0 aliphatic rings. The van der Waals surface area contributed by atoms with E-state index in [1.165, 1.54) is 0 Å². The van der Waals surface area contributed by atoms with E-state index >= 15 is 0 Å². The summed E-state index contributed by atoms with van der Waals surface area (Å²) in [6, 6.07) is 9.62. The van der Waals surface area contributed by atoms with Crippen LogP contribution in [0.15, 0.2) is 39.7 Å². The van der Waals surface area contributed by atoms with Crippen LogP contribution in [0.2, 0.25) is 0 Å². The SMILES string of the molecule is COc1ccc(CN=C(NCc2nnc(C)n2C)NCC(C)(O)c2cc(C)oc2C)cc1. The number of aryl methyl sites for hydroxylation is 3. The summed E-state index contributed by atoms with van der Waals surface area (Å²) in [6.07, 6.45) is 0. The monoisotopic (exact) mass is 440 g/mol. The van der Waals surface area contributed by atoms with E-state index in [1.54, 1.807) is 14.0 Å². The van der Waals surface area contributed by atoms with Crippen LogP contribution in [0.1, 0.15) is 41.2 Å². The first kappa shape index (κ1) is 23.3. The molecule has 0 fully saturated rings. The summed E-state index contributed by atoms with van der Waals surface area (Å²) in [5, 5.41) is 25.9. The lowest BCUT2D eigenvalue weighted by Gasteiger charge is -2.24. The van der Waals surface area contributed by atoms with E-state index in [0.29, 0.717) is 24.8 Å². The molecule has 3 aromatic rings. The van der Waals surface area contributed by atoms with Gasteiger partial charge in [0.05, 0.1) is 26.7 Å². The Morgan fingerprint density at radius 3 is 2.47 bits per heavy atom. The van der Waals surface area contributed by atoms with Gasteiger partial charge in [0.2, 0.25) is 0 Å². The van der Waals surface area contributed by atoms with Crippen molar-refractivity contribution in [3.63, 3.8) is 0 Å². The number of aromatic nitrogens is 3. The smallest absolute Gasteiger partial charge is 0.192 e. The summed E-state index contributed by atoms with van der Waals surface area (Å²) in [5.74, 6) is 4.44. The van der Waals surface area contributed by atoms with Gasteiger partial charge in [0.1, 0.15) is 28.7 Å². The predicted molar refractivity (Wildman–Crippen MR) is 122 cm³/mol. The summed E-state index contributed by atoms with van der Waals surface area (Å²) in [6.45, 7) is 8.53. The third-order valence-electron chi connectivity index (χ3n) is 5.40. The third kappa shape index (κ3) is 5.67. The van der Waals surface area contributed by atoms with E-state index in [2.05, 4.69) is 25.8 Å². The molecule has 2 aromatic heterocycles. The summed E-state index contributed by atoms with van der Waals surface area (Å²) in [5.41, 5.74) is 0.654. The van der Waals surface area contributed by atoms with Gasteiger partial charge in [-0.15, -0.1) is 10.2 Å². The van der Waals surface area contributed by atoms with E-state index in [0.717, 1.165) is 34.3 Å². The van der Waals surface area contributed by atoms with Gasteiger partial charge >= 0.3 is 0 Å². The van der Waals surface area contributed by atoms with Crippen LogP contribution >= 0.6 is 0 Å². The van der Waals surface area contributed by atoms with E-state index in [-0.39, 0.29) is 6.54 Å². The average Bonchev–Trinajstić information content (AvgIpc) is 3.28. The molecule has 9 nitrogen and oxygen atoms in total. The molecule has 3 N–H and O–H groups in total. The molecule has 0 radical (unpaired) electrons. The molecule has 32 heavy (non-hydrogen) atoms. The highest BCUT2D eigenvalue weighted by Gasteiger charge is 2.28. The van der Waals surface area contributed by atoms with Crippen LogP contribution in [-0.2, 0) is 25.7 Å². The molecule has 0 bridgehead atoms. The number of benzene rings is 1. The van der Waals surface area contributed by atoms with Crippen molar-refractivity contribution >= 4 is 5.96 Å². The fourth-order valence-corrected chi connectivity index (χ4v) is 3.36. The molecule has 0 aliphatic heterocycles. The fourth-order valence-electron chi connectivity index (χ4n) is 3.36. The number of guanidine groups is 1. The Kier molecular flexibility index (Phi) is 7.19. The Morgan fingerprint density at radius 2 is 1.91 bits per heavy atom. The van der Waals surface area contributed by atoms with Gasteiger partial charge in [-0.3, -0.25) is 0 Å². The van der Waals surface area contributed by atoms with Crippen LogP contribution in [0.5, 0.6) is 5.75 Å². The number of rotatable bonds is 8. The van der Waals surface area contributed by atoms with Gasteiger partial charge in [0.15, 0.2) is 11.8 Å². The lowest BCUT2D eigenvalue weighted by Crippen LogP contribution is -2.44. The molecular formula is C23H32N6O3. The second-order valence-corrected chi connectivity index (χ2v) is 8.04. The van der Waals surface area contributed by atoms with Crippen molar-refractivity contribution in [3.8, 4) is 5.75 Å². The van der Waals surface area contributed by atoms with E-state index in [1.807, 2.05) is 62.7 Å². The van der Waals surface area contributed by atoms with Gasteiger partial charge in [0, 0.05) is 12.6 Å². The highest BCUT2D eigenvalue weighted by atomic mass is 16.5. The van der Waals surface area contributed by atoms with Gasteiger partial charge in [-0.25, -0.2) is 4.99 Å². The fraction of sp³-hybridized carbons (Fsp3) is 0.435. The molecule has 1 aromatic carbocycles. The lowest BCUT2D eigenvalue weighted by atomic mass is 9.96. The molecule has 0 saturated carbocycles. The number of nitrogens with one attached hydrogen (secondary N) is 2. The maximum Gasteiger partial charge on any atom is 0.192 e. The van der Waals surface area contributed by atoms with Crippen LogP contribution in [0.25, 0.3) is 0 Å². The molecule has 0 saturated heterocycles. The largest absolute Gasteiger partial charge is 0.497 e. The third-order valence-corrected chi connectivity index (χ3v) is 5.40. The molecule has 3 rings (SSSR count). The number of furan rings is 1. The van der Waals surface area contributed by atoms with Gasteiger partial charge in [0.25, 0.3) is 0 Å². The van der Waals surface area contributed by atoms with E-state index in [4.69, 9.17) is 9.15 Å². The second-order valence-electron chi connectivity index (χ2n) is 8.04. The molecule has 1 atom stereocenters. The Morgan fingerprint density at radius 1 is 1.19 bits per heavy atom. The highest BCUT2D eigenvalue weighted by Crippen LogP contribution is 2.26. The molecule has 9 heteroatoms. The van der Waals surface area contributed by atoms with Crippen molar-refractivity contribution in [1.82, 2.24) is 25.4 Å². The van der Waals surface area contributed by atoms with Crippen LogP contribution in [0, 0.1) is 20.8 Å². The van der Waals surface area contributed by atoms with Crippen molar-refractivity contribution in [2.24, 2.45) is 12.0 Å². The van der Waals surface area contributed by atoms with Crippen LogP contribution < -0.4 is 15.4 Å². The molecular weight excluding hydrogens is 408 g/mol. The van der Waals surface area contributed by atoms with Crippen molar-refractivity contribution in [2.75, 3.05) is 13.7 Å². The number of ether oxygens (including phenoxy) is 1. The first-order valence-electron chi connectivity index (χ1n) is 10.5. The molecule has 0 spiro atoms. The number of hydrogen-bond donors (Lipinski definition) is 3. The van der Waals surface area contributed by atoms with Crippen molar-refractivity contribution in [1.29, 1.82) is 0 Å². The Labute approximate surface area is 188 Å². The highest BCUT2D eigenvalue weighted by molar-refractivity contribution is 5.79. The minimum Gasteiger partial charge on any atom is -0.497 e. The molecule has 0 amide bonds. The topological polar surface area (TPSA) is 110 Å². The van der Waals surface area contributed by atoms with Crippen molar-refractivity contribution in [2.45, 2.75) is 46.4 Å². The summed E-state index contributed by atoms with van der Waals surface area (Å²) in [7, 11) is 3.56. The quantitative estimate of drug-likeness (QED) is 0.365. The van der Waals surface area contributed by atoms with Gasteiger partial charge < -0.3 is 29.5 Å². The minimum atomic E-state index is -1.13. The molecule has 1 unspecified atom stereocenters. The molecule has 172 valence electrons. The standard InChI is InChI=1S/C23H32N6O3/c1-15-11-20(16(2)32-15)23(4,30)14-26-22(25-13-21-28-27-17(3)29(21)5)24-12-18-7-9-19(31-6)10-8-18/h7-11,30H,12-14H2,1-6H3,(H2,24,25,26). The average molecular weight is 441 g/mol. The Hall–Kier alpha value is -3.33. The van der Waals surface area contributed by atoms with Crippen LogP contribution in [0.3, 0.4) is 0 Å². The lowest BCUT2D eigenvalue weighted by molar-refractivity contribution is 0.0601. The van der Waals surface area contributed by atoms with Crippen LogP contribution in [-0.4, -0.2) is 39.5 Å². The number of aliphatic hydroxyl groups is 1. The zero-order valence-corrected chi connectivity index (χ0v) is 19.6. The minimum absolute atomic E-state index is 0.249. The maximum atomic E-state index is 11.1. The zero-order valence-electron chi connectivity index (χ0n) is 19.6. The van der Waals surface area contributed by atoms with Crippen molar-refractivity contribution in [3.05, 3.63) is 64.6 Å². The Balaban J connectivity index is 1.73. The Bertz CT molecular complexity index is 1070. The van der Waals surface area contributed by atoms with Gasteiger partial charge in [-0.05, 0) is 51.5 Å². The summed E-state index contributed by atoms with van der Waals surface area (Å²) in [4.78, 5) is 4.69. The molecule has 0 aliphatic carbocycles. The number of methoxy groups -OCH3 is 1.